The Labute approximate surface area is 85.5 Å². The Morgan fingerprint density at radius 1 is 1.36 bits per heavy atom. The highest BCUT2D eigenvalue weighted by Gasteiger charge is 2.10. The monoisotopic (exact) mass is 192 g/mol. The fourth-order valence-electron chi connectivity index (χ4n) is 1.08. The van der Waals surface area contributed by atoms with E-state index in [1.165, 1.54) is 6.07 Å². The van der Waals surface area contributed by atoms with Crippen LogP contribution in [0.4, 0.5) is 5.69 Å². The first kappa shape index (κ1) is 12.7. The van der Waals surface area contributed by atoms with Gasteiger partial charge in [-0.25, -0.2) is 0 Å². The second-order valence-corrected chi connectivity index (χ2v) is 2.50. The summed E-state index contributed by atoms with van der Waals surface area (Å²) in [6.45, 7) is 5.89. The zero-order valence-electron chi connectivity index (χ0n) is 8.86. The zero-order valence-corrected chi connectivity index (χ0v) is 8.86. The van der Waals surface area contributed by atoms with Crippen molar-refractivity contribution in [1.29, 1.82) is 0 Å². The predicted molar refractivity (Wildman–Crippen MR) is 59.8 cm³/mol. The van der Waals surface area contributed by atoms with Crippen LogP contribution in [0, 0.1) is 10.1 Å². The third-order valence-electron chi connectivity index (χ3n) is 1.61. The molecule has 1 rings (SSSR count). The van der Waals surface area contributed by atoms with Gasteiger partial charge in [-0.1, -0.05) is 38.9 Å². The fourth-order valence-corrected chi connectivity index (χ4v) is 1.08. The number of nitrogens with zero attached hydrogens (tertiary/aromatic N) is 1. The summed E-state index contributed by atoms with van der Waals surface area (Å²) in [6.07, 6.45) is 0.650. The molecule has 0 aliphatic rings. The van der Waals surface area contributed by atoms with Crippen molar-refractivity contribution >= 4 is 13.0 Å². The topological polar surface area (TPSA) is 43.1 Å². The summed E-state index contributed by atoms with van der Waals surface area (Å²) in [6, 6.07) is 6.79. The van der Waals surface area contributed by atoms with Gasteiger partial charge in [0.05, 0.1) is 4.92 Å². The van der Waals surface area contributed by atoms with Crippen molar-refractivity contribution in [3.8, 4) is 0 Å². The van der Waals surface area contributed by atoms with E-state index in [0.29, 0.717) is 6.32 Å². The van der Waals surface area contributed by atoms with Crippen LogP contribution in [-0.4, -0.2) is 12.2 Å². The Morgan fingerprint density at radius 2 is 1.93 bits per heavy atom. The number of nitro benzene ring substituents is 1. The highest BCUT2D eigenvalue weighted by Crippen LogP contribution is 2.17. The third-order valence-corrected chi connectivity index (χ3v) is 1.61. The first-order valence-corrected chi connectivity index (χ1v) is 4.76. The molecule has 0 atom stereocenters. The van der Waals surface area contributed by atoms with Crippen LogP contribution in [0.25, 0.3) is 0 Å². The summed E-state index contributed by atoms with van der Waals surface area (Å²) < 4.78 is 0. The van der Waals surface area contributed by atoms with Crippen LogP contribution in [0.2, 0.25) is 6.82 Å². The van der Waals surface area contributed by atoms with Gasteiger partial charge in [0.25, 0.3) is 5.69 Å². The van der Waals surface area contributed by atoms with Gasteiger partial charge in [-0.15, -0.1) is 0 Å². The van der Waals surface area contributed by atoms with Crippen molar-refractivity contribution in [2.75, 3.05) is 0 Å². The maximum Gasteiger partial charge on any atom is 0.271 e. The second kappa shape index (κ2) is 7.12. The highest BCUT2D eigenvalue weighted by atomic mass is 16.6. The molecule has 0 aromatic heterocycles. The van der Waals surface area contributed by atoms with Gasteiger partial charge in [-0.2, -0.15) is 0 Å². The minimum Gasteiger partial charge on any atom is -0.258 e. The molecule has 0 amide bonds. The van der Waals surface area contributed by atoms with E-state index in [1.807, 2.05) is 34.0 Å². The summed E-state index contributed by atoms with van der Waals surface area (Å²) in [4.78, 5) is 10.1. The van der Waals surface area contributed by atoms with Crippen LogP contribution in [0.15, 0.2) is 24.3 Å². The quantitative estimate of drug-likeness (QED) is 0.419. The van der Waals surface area contributed by atoms with E-state index in [0.717, 1.165) is 5.56 Å². The van der Waals surface area contributed by atoms with Crippen LogP contribution < -0.4 is 0 Å². The zero-order chi connectivity index (χ0) is 11.0. The average Bonchev–Trinajstić information content (AvgIpc) is 2.22. The minimum atomic E-state index is -0.348. The van der Waals surface area contributed by atoms with E-state index in [9.17, 15) is 10.1 Å². The summed E-state index contributed by atoms with van der Waals surface area (Å²) in [5, 5.41) is 10.5. The lowest BCUT2D eigenvalue weighted by atomic mass is 9.75. The number of para-hydroxylation sites is 1. The largest absolute Gasteiger partial charge is 0.271 e. The smallest absolute Gasteiger partial charge is 0.258 e. The molecule has 75 valence electrons. The van der Waals surface area contributed by atoms with Crippen molar-refractivity contribution < 1.29 is 4.92 Å². The lowest BCUT2D eigenvalue weighted by molar-refractivity contribution is -0.385. The number of nitro groups is 1. The number of hydrogen-bond acceptors (Lipinski definition) is 2. The van der Waals surface area contributed by atoms with Gasteiger partial charge < -0.3 is 0 Å². The van der Waals surface area contributed by atoms with Crippen LogP contribution in [0.5, 0.6) is 0 Å². The number of benzene rings is 1. The van der Waals surface area contributed by atoms with Gasteiger partial charge in [0, 0.05) is 11.6 Å². The molecule has 0 aliphatic carbocycles. The van der Waals surface area contributed by atoms with E-state index < -0.39 is 0 Å². The Morgan fingerprint density at radius 3 is 2.43 bits per heavy atom. The van der Waals surface area contributed by atoms with E-state index in [4.69, 9.17) is 0 Å². The van der Waals surface area contributed by atoms with Crippen molar-refractivity contribution in [1.82, 2.24) is 0 Å². The SMILES string of the molecule is CC.C[B]Cc1ccccc1[N+](=O)[O-]. The van der Waals surface area contributed by atoms with Crippen LogP contribution in [0.3, 0.4) is 0 Å². The molecule has 0 bridgehead atoms. The Hall–Kier alpha value is -1.32. The summed E-state index contributed by atoms with van der Waals surface area (Å²) in [5.41, 5.74) is 0.973. The molecule has 0 fully saturated rings. The van der Waals surface area contributed by atoms with Gasteiger partial charge in [0.2, 0.25) is 0 Å². The first-order chi connectivity index (χ1) is 6.75. The molecule has 0 aliphatic heterocycles. The van der Waals surface area contributed by atoms with E-state index in [1.54, 1.807) is 12.1 Å². The second-order valence-electron chi connectivity index (χ2n) is 2.50. The molecular weight excluding hydrogens is 177 g/mol. The molecule has 3 nitrogen and oxygen atoms in total. The van der Waals surface area contributed by atoms with Crippen molar-refractivity contribution in [3.05, 3.63) is 39.9 Å². The van der Waals surface area contributed by atoms with E-state index in [2.05, 4.69) is 0 Å². The lowest BCUT2D eigenvalue weighted by Crippen LogP contribution is -1.97. The van der Waals surface area contributed by atoms with E-state index >= 15 is 0 Å². The van der Waals surface area contributed by atoms with Crippen molar-refractivity contribution in [3.63, 3.8) is 0 Å². The first-order valence-electron chi connectivity index (χ1n) is 4.76. The maximum atomic E-state index is 10.5. The van der Waals surface area contributed by atoms with Crippen LogP contribution in [-0.2, 0) is 6.32 Å². The maximum absolute atomic E-state index is 10.5. The molecule has 14 heavy (non-hydrogen) atoms. The molecule has 4 heteroatoms. The van der Waals surface area contributed by atoms with Gasteiger partial charge in [0.1, 0.15) is 7.28 Å². The number of hydrogen-bond donors (Lipinski definition) is 0. The minimum absolute atomic E-state index is 0.204. The molecule has 0 spiro atoms. The summed E-state index contributed by atoms with van der Waals surface area (Å²) >= 11 is 0. The third kappa shape index (κ3) is 3.60. The van der Waals surface area contributed by atoms with Crippen LogP contribution in [0.1, 0.15) is 19.4 Å². The van der Waals surface area contributed by atoms with Gasteiger partial charge >= 0.3 is 0 Å². The summed E-state index contributed by atoms with van der Waals surface area (Å²) in [7, 11) is 1.91. The molecule has 0 heterocycles. The van der Waals surface area contributed by atoms with Gasteiger partial charge in [-0.3, -0.25) is 10.1 Å². The normalized spacial score (nSPS) is 8.50. The molecule has 0 saturated carbocycles. The predicted octanol–water partition coefficient (Wildman–Crippen LogP) is 2.87. The van der Waals surface area contributed by atoms with Gasteiger partial charge in [-0.05, 0) is 6.32 Å². The Kier molecular flexibility index (Phi) is 6.45. The van der Waals surface area contributed by atoms with Crippen molar-refractivity contribution in [2.45, 2.75) is 27.0 Å². The van der Waals surface area contributed by atoms with Crippen molar-refractivity contribution in [2.24, 2.45) is 0 Å². The lowest BCUT2D eigenvalue weighted by Gasteiger charge is -1.98. The molecule has 0 saturated heterocycles. The molecule has 0 N–H and O–H groups in total. The molecule has 1 radical (unpaired) electrons. The molecule has 0 unspecified atom stereocenters. The molecule has 1 aromatic rings. The Balaban J connectivity index is 0.000000791. The Bertz CT molecular complexity index is 289. The highest BCUT2D eigenvalue weighted by molar-refractivity contribution is 6.33. The standard InChI is InChI=1S/C8H9BNO2.C2H6/c1-9-6-7-4-2-3-5-8(7)10(11)12;1-2/h2-5H,6H2,1H3;1-2H3. The fraction of sp³-hybridized carbons (Fsp3) is 0.400. The molecule has 1 aromatic carbocycles. The molecular formula is C10H15BNO2. The summed E-state index contributed by atoms with van der Waals surface area (Å²) in [5.74, 6) is 0. The average molecular weight is 192 g/mol. The van der Waals surface area contributed by atoms with Gasteiger partial charge in [0.15, 0.2) is 0 Å². The number of rotatable bonds is 3. The van der Waals surface area contributed by atoms with E-state index in [-0.39, 0.29) is 10.6 Å². The van der Waals surface area contributed by atoms with Crippen LogP contribution >= 0.6 is 0 Å².